The summed E-state index contributed by atoms with van der Waals surface area (Å²) in [6.07, 6.45) is 9.54. The Hall–Kier alpha value is -3.86. The summed E-state index contributed by atoms with van der Waals surface area (Å²) >= 11 is 0. The van der Waals surface area contributed by atoms with Gasteiger partial charge in [0, 0.05) is 6.07 Å². The smallest absolute Gasteiger partial charge is 0.203 e. The van der Waals surface area contributed by atoms with E-state index >= 15 is 0 Å². The molecule has 0 aliphatic carbocycles. The lowest BCUT2D eigenvalue weighted by Gasteiger charge is -2.19. The van der Waals surface area contributed by atoms with Crippen LogP contribution in [-0.2, 0) is 0 Å². The summed E-state index contributed by atoms with van der Waals surface area (Å²) in [7, 11) is 3.14. The van der Waals surface area contributed by atoms with Crippen LogP contribution in [0.25, 0.3) is 24.3 Å². The maximum Gasteiger partial charge on any atom is 0.203 e. The first-order valence-corrected chi connectivity index (χ1v) is 11.4. The number of hydrogen-bond acceptors (Lipinski definition) is 5. The van der Waals surface area contributed by atoms with E-state index in [-0.39, 0.29) is 17.6 Å². The Balaban J connectivity index is 1.72. The molecule has 0 saturated heterocycles. The zero-order valence-corrected chi connectivity index (χ0v) is 20.1. The van der Waals surface area contributed by atoms with E-state index in [0.29, 0.717) is 17.2 Å². The molecular formula is C29H32O5. The van der Waals surface area contributed by atoms with Crippen molar-refractivity contribution < 1.29 is 24.4 Å². The number of hydrogen-bond donors (Lipinski definition) is 2. The zero-order valence-electron chi connectivity index (χ0n) is 20.1. The summed E-state index contributed by atoms with van der Waals surface area (Å²) in [6, 6.07) is 16.7. The lowest BCUT2D eigenvalue weighted by molar-refractivity contribution is 0.178. The van der Waals surface area contributed by atoms with Crippen molar-refractivity contribution in [3.05, 3.63) is 76.9 Å². The van der Waals surface area contributed by atoms with Crippen LogP contribution in [0.5, 0.6) is 28.7 Å². The molecule has 0 heterocycles. The molecule has 0 saturated carbocycles. The molecule has 2 N–H and O–H groups in total. The van der Waals surface area contributed by atoms with Crippen LogP contribution in [0.4, 0.5) is 0 Å². The first kappa shape index (κ1) is 24.8. The van der Waals surface area contributed by atoms with Crippen LogP contribution in [0.3, 0.4) is 0 Å². The number of methoxy groups -OCH3 is 2. The summed E-state index contributed by atoms with van der Waals surface area (Å²) < 4.78 is 16.6. The highest BCUT2D eigenvalue weighted by Gasteiger charge is 2.15. The molecule has 0 fully saturated rings. The molecule has 3 aromatic carbocycles. The van der Waals surface area contributed by atoms with Gasteiger partial charge in [-0.2, -0.15) is 0 Å². The SMILES string of the molecule is CCC(CC)Oc1c(O)cc(/C=C/c2ccc(/C=C/c3cc(O)cc(OC)c3)cc2)cc1OC. The van der Waals surface area contributed by atoms with Gasteiger partial charge in [0.15, 0.2) is 11.5 Å². The fourth-order valence-electron chi connectivity index (χ4n) is 3.52. The van der Waals surface area contributed by atoms with Crippen LogP contribution >= 0.6 is 0 Å². The fourth-order valence-corrected chi connectivity index (χ4v) is 3.52. The summed E-state index contributed by atoms with van der Waals surface area (Å²) in [5.74, 6) is 1.73. The summed E-state index contributed by atoms with van der Waals surface area (Å²) in [5.41, 5.74) is 3.72. The minimum absolute atomic E-state index is 0.0309. The van der Waals surface area contributed by atoms with Crippen LogP contribution in [0, 0.1) is 0 Å². The highest BCUT2D eigenvalue weighted by molar-refractivity contribution is 5.75. The van der Waals surface area contributed by atoms with Crippen LogP contribution in [0.1, 0.15) is 48.9 Å². The Morgan fingerprint density at radius 3 is 1.79 bits per heavy atom. The third kappa shape index (κ3) is 6.58. The molecule has 0 atom stereocenters. The quantitative estimate of drug-likeness (QED) is 0.318. The van der Waals surface area contributed by atoms with Gasteiger partial charge in [0.2, 0.25) is 5.75 Å². The third-order valence-electron chi connectivity index (χ3n) is 5.49. The van der Waals surface area contributed by atoms with E-state index in [2.05, 4.69) is 13.8 Å². The van der Waals surface area contributed by atoms with Crippen LogP contribution < -0.4 is 14.2 Å². The van der Waals surface area contributed by atoms with Crippen molar-refractivity contribution in [2.24, 2.45) is 0 Å². The van der Waals surface area contributed by atoms with Crippen LogP contribution in [-0.4, -0.2) is 30.5 Å². The Morgan fingerprint density at radius 2 is 1.26 bits per heavy atom. The molecule has 5 nitrogen and oxygen atoms in total. The van der Waals surface area contributed by atoms with Crippen LogP contribution in [0.15, 0.2) is 54.6 Å². The number of phenols is 2. The highest BCUT2D eigenvalue weighted by atomic mass is 16.5. The first-order chi connectivity index (χ1) is 16.4. The molecule has 0 unspecified atom stereocenters. The molecule has 34 heavy (non-hydrogen) atoms. The Kier molecular flexibility index (Phi) is 8.63. The maximum atomic E-state index is 10.5. The van der Waals surface area contributed by atoms with E-state index in [1.165, 1.54) is 0 Å². The number of ether oxygens (including phenoxy) is 3. The molecule has 0 amide bonds. The molecule has 0 spiro atoms. The topological polar surface area (TPSA) is 68.2 Å². The molecule has 0 aliphatic rings. The molecule has 3 rings (SSSR count). The minimum Gasteiger partial charge on any atom is -0.508 e. The zero-order chi connectivity index (χ0) is 24.5. The second-order valence-corrected chi connectivity index (χ2v) is 7.93. The van der Waals surface area contributed by atoms with Gasteiger partial charge in [-0.3, -0.25) is 0 Å². The monoisotopic (exact) mass is 460 g/mol. The molecule has 0 radical (unpaired) electrons. The second kappa shape index (κ2) is 11.8. The van der Waals surface area contributed by atoms with E-state index in [1.807, 2.05) is 60.7 Å². The molecule has 0 aliphatic heterocycles. The standard InChI is InChI=1S/C29H32O5/c1-5-25(6-2)34-29-27(31)17-23(18-28(29)33-4)14-12-21-9-7-20(8-10-21)11-13-22-15-24(30)19-26(16-22)32-3/h7-19,25,30-31H,5-6H2,1-4H3/b13-11+,14-12+. The lowest BCUT2D eigenvalue weighted by atomic mass is 10.1. The van der Waals surface area contributed by atoms with Gasteiger partial charge in [0.25, 0.3) is 0 Å². The highest BCUT2D eigenvalue weighted by Crippen LogP contribution is 2.39. The molecule has 5 heteroatoms. The average molecular weight is 461 g/mol. The normalized spacial score (nSPS) is 11.4. The molecular weight excluding hydrogens is 428 g/mol. The van der Waals surface area contributed by atoms with E-state index in [4.69, 9.17) is 14.2 Å². The fraction of sp³-hybridized carbons (Fsp3) is 0.241. The number of aromatic hydroxyl groups is 2. The van der Waals surface area contributed by atoms with Crippen molar-refractivity contribution in [3.63, 3.8) is 0 Å². The van der Waals surface area contributed by atoms with Crippen molar-refractivity contribution in [2.75, 3.05) is 14.2 Å². The van der Waals surface area contributed by atoms with E-state index in [0.717, 1.165) is 35.1 Å². The summed E-state index contributed by atoms with van der Waals surface area (Å²) in [5, 5.41) is 20.3. The van der Waals surface area contributed by atoms with Crippen molar-refractivity contribution in [1.82, 2.24) is 0 Å². The largest absolute Gasteiger partial charge is 0.508 e. The minimum atomic E-state index is 0.0309. The number of rotatable bonds is 10. The predicted molar refractivity (Wildman–Crippen MR) is 139 cm³/mol. The summed E-state index contributed by atoms with van der Waals surface area (Å²) in [6.45, 7) is 4.11. The van der Waals surface area contributed by atoms with Gasteiger partial charge in [0.1, 0.15) is 11.5 Å². The number of phenolic OH excluding ortho intramolecular Hbond substituents is 2. The van der Waals surface area contributed by atoms with Crippen molar-refractivity contribution >= 4 is 24.3 Å². The van der Waals surface area contributed by atoms with Crippen LogP contribution in [0.2, 0.25) is 0 Å². The van der Waals surface area contributed by atoms with Crippen molar-refractivity contribution in [3.8, 4) is 28.7 Å². The van der Waals surface area contributed by atoms with Crippen molar-refractivity contribution in [2.45, 2.75) is 32.8 Å². The van der Waals surface area contributed by atoms with Gasteiger partial charge < -0.3 is 24.4 Å². The summed E-state index contributed by atoms with van der Waals surface area (Å²) in [4.78, 5) is 0. The molecule has 3 aromatic rings. The first-order valence-electron chi connectivity index (χ1n) is 11.4. The van der Waals surface area contributed by atoms with E-state index < -0.39 is 0 Å². The molecule has 178 valence electrons. The second-order valence-electron chi connectivity index (χ2n) is 7.93. The van der Waals surface area contributed by atoms with Gasteiger partial charge in [-0.1, -0.05) is 62.4 Å². The molecule has 0 bridgehead atoms. The maximum absolute atomic E-state index is 10.5. The number of benzene rings is 3. The Labute approximate surface area is 201 Å². The average Bonchev–Trinajstić information content (AvgIpc) is 2.85. The Bertz CT molecular complexity index is 1140. The van der Waals surface area contributed by atoms with Gasteiger partial charge in [-0.15, -0.1) is 0 Å². The van der Waals surface area contributed by atoms with E-state index in [9.17, 15) is 10.2 Å². The third-order valence-corrected chi connectivity index (χ3v) is 5.49. The Morgan fingerprint density at radius 1 is 0.706 bits per heavy atom. The predicted octanol–water partition coefficient (Wildman–Crippen LogP) is 7.02. The molecule has 0 aromatic heterocycles. The van der Waals surface area contributed by atoms with Gasteiger partial charge >= 0.3 is 0 Å². The van der Waals surface area contributed by atoms with E-state index in [1.54, 1.807) is 32.4 Å². The van der Waals surface area contributed by atoms with Gasteiger partial charge in [0.05, 0.1) is 20.3 Å². The van der Waals surface area contributed by atoms with Gasteiger partial charge in [-0.05, 0) is 59.4 Å². The van der Waals surface area contributed by atoms with Gasteiger partial charge in [-0.25, -0.2) is 0 Å². The van der Waals surface area contributed by atoms with Crippen molar-refractivity contribution in [1.29, 1.82) is 0 Å². The lowest BCUT2D eigenvalue weighted by Crippen LogP contribution is -2.14.